The topological polar surface area (TPSA) is 77.6 Å². The van der Waals surface area contributed by atoms with Crippen molar-refractivity contribution >= 4 is 12.1 Å². The lowest BCUT2D eigenvalue weighted by molar-refractivity contribution is -0.0868. The third kappa shape index (κ3) is 4.58. The van der Waals surface area contributed by atoms with Crippen LogP contribution in [0, 0.1) is 0 Å². The maximum absolute atomic E-state index is 11.4. The summed E-state index contributed by atoms with van der Waals surface area (Å²) in [6.07, 6.45) is -0.563. The molecule has 0 aliphatic rings. The van der Waals surface area contributed by atoms with Crippen molar-refractivity contribution < 1.29 is 23.8 Å². The van der Waals surface area contributed by atoms with Crippen molar-refractivity contribution in [1.29, 1.82) is 0 Å². The van der Waals surface area contributed by atoms with Crippen molar-refractivity contribution in [2.24, 2.45) is 0 Å². The van der Waals surface area contributed by atoms with Gasteiger partial charge in [-0.05, 0) is 26.0 Å². The highest BCUT2D eigenvalue weighted by atomic mass is 16.8. The van der Waals surface area contributed by atoms with Crippen LogP contribution in [0.4, 0.5) is 4.79 Å². The summed E-state index contributed by atoms with van der Waals surface area (Å²) in [7, 11) is 0. The molecular formula is C11H15NO5. The highest BCUT2D eigenvalue weighted by Gasteiger charge is 2.17. The van der Waals surface area contributed by atoms with Crippen molar-refractivity contribution in [1.82, 2.24) is 4.98 Å². The Morgan fingerprint density at radius 2 is 1.88 bits per heavy atom. The molecule has 6 heteroatoms. The van der Waals surface area contributed by atoms with Crippen LogP contribution in [0.1, 0.15) is 31.3 Å². The van der Waals surface area contributed by atoms with Gasteiger partial charge in [0, 0.05) is 13.1 Å². The predicted octanol–water partition coefficient (Wildman–Crippen LogP) is 2.08. The van der Waals surface area contributed by atoms with Gasteiger partial charge in [-0.25, -0.2) is 9.59 Å². The van der Waals surface area contributed by atoms with Gasteiger partial charge in [0.25, 0.3) is 0 Å². The minimum Gasteiger partial charge on any atom is -0.431 e. The van der Waals surface area contributed by atoms with E-state index < -0.39 is 18.4 Å². The lowest BCUT2D eigenvalue weighted by atomic mass is 10.4. The number of ether oxygens (including phenoxy) is 3. The molecule has 1 heterocycles. The number of esters is 1. The Hall–Kier alpha value is -1.98. The van der Waals surface area contributed by atoms with E-state index in [0.717, 1.165) is 0 Å². The summed E-state index contributed by atoms with van der Waals surface area (Å²) >= 11 is 0. The molecule has 1 aromatic rings. The molecule has 0 aliphatic heterocycles. The maximum atomic E-state index is 11.4. The number of nitrogens with one attached hydrogen (secondary N) is 1. The fourth-order valence-electron chi connectivity index (χ4n) is 1.05. The van der Waals surface area contributed by atoms with Gasteiger partial charge in [-0.2, -0.15) is 0 Å². The van der Waals surface area contributed by atoms with Crippen LogP contribution in [0.25, 0.3) is 0 Å². The second-order valence-corrected chi connectivity index (χ2v) is 3.59. The molecule has 17 heavy (non-hydrogen) atoms. The third-order valence-corrected chi connectivity index (χ3v) is 1.68. The van der Waals surface area contributed by atoms with Gasteiger partial charge in [0.2, 0.25) is 6.29 Å². The molecule has 0 saturated carbocycles. The summed E-state index contributed by atoms with van der Waals surface area (Å²) < 4.78 is 14.3. The van der Waals surface area contributed by atoms with E-state index in [0.29, 0.717) is 0 Å². The Bertz CT molecular complexity index is 371. The Morgan fingerprint density at radius 3 is 2.41 bits per heavy atom. The van der Waals surface area contributed by atoms with Gasteiger partial charge >= 0.3 is 12.1 Å². The average molecular weight is 241 g/mol. The molecule has 1 N–H and O–H groups in total. The van der Waals surface area contributed by atoms with E-state index in [1.807, 2.05) is 0 Å². The Morgan fingerprint density at radius 1 is 1.18 bits per heavy atom. The molecule has 0 saturated heterocycles. The lowest BCUT2D eigenvalue weighted by Gasteiger charge is -2.14. The summed E-state index contributed by atoms with van der Waals surface area (Å²) in [6.45, 7) is 4.82. The van der Waals surface area contributed by atoms with Crippen LogP contribution in [0.2, 0.25) is 0 Å². The number of carbonyl (C=O) groups excluding carboxylic acids is 2. The van der Waals surface area contributed by atoms with Crippen LogP contribution >= 0.6 is 0 Å². The van der Waals surface area contributed by atoms with Crippen molar-refractivity contribution in [3.05, 3.63) is 24.0 Å². The summed E-state index contributed by atoms with van der Waals surface area (Å²) in [4.78, 5) is 25.2. The highest BCUT2D eigenvalue weighted by Crippen LogP contribution is 2.04. The quantitative estimate of drug-likeness (QED) is 0.645. The fourth-order valence-corrected chi connectivity index (χ4v) is 1.05. The van der Waals surface area contributed by atoms with E-state index in [9.17, 15) is 9.59 Å². The SMILES string of the molecule is CC(C)OC(=O)OC(C)OC(=O)c1ccc[nH]1. The van der Waals surface area contributed by atoms with E-state index in [-0.39, 0.29) is 11.8 Å². The predicted molar refractivity (Wildman–Crippen MR) is 58.4 cm³/mol. The van der Waals surface area contributed by atoms with E-state index in [1.54, 1.807) is 32.2 Å². The van der Waals surface area contributed by atoms with Crippen molar-refractivity contribution in [3.8, 4) is 0 Å². The first kappa shape index (κ1) is 13.1. The maximum Gasteiger partial charge on any atom is 0.511 e. The number of hydrogen-bond acceptors (Lipinski definition) is 5. The minimum atomic E-state index is -1.00. The van der Waals surface area contributed by atoms with Crippen LogP contribution in [0.5, 0.6) is 0 Å². The summed E-state index contributed by atoms with van der Waals surface area (Å²) in [5.41, 5.74) is 0.290. The minimum absolute atomic E-state index is 0.284. The molecule has 1 unspecified atom stereocenters. The largest absolute Gasteiger partial charge is 0.511 e. The Kier molecular flexibility index (Phi) is 4.56. The van der Waals surface area contributed by atoms with Gasteiger partial charge in [0.15, 0.2) is 0 Å². The first-order valence-corrected chi connectivity index (χ1v) is 5.20. The van der Waals surface area contributed by atoms with Gasteiger partial charge in [0.05, 0.1) is 6.10 Å². The molecule has 6 nitrogen and oxygen atoms in total. The van der Waals surface area contributed by atoms with Gasteiger partial charge in [-0.1, -0.05) is 0 Å². The molecule has 0 bridgehead atoms. The van der Waals surface area contributed by atoms with Crippen LogP contribution in [-0.2, 0) is 14.2 Å². The fraction of sp³-hybridized carbons (Fsp3) is 0.455. The Balaban J connectivity index is 2.37. The molecule has 0 aliphatic carbocycles. The number of rotatable bonds is 4. The van der Waals surface area contributed by atoms with E-state index >= 15 is 0 Å². The molecule has 0 spiro atoms. The van der Waals surface area contributed by atoms with Crippen LogP contribution in [-0.4, -0.2) is 29.5 Å². The zero-order valence-electron chi connectivity index (χ0n) is 9.93. The highest BCUT2D eigenvalue weighted by molar-refractivity contribution is 5.87. The standard InChI is InChI=1S/C11H15NO5/c1-7(2)15-11(14)17-8(3)16-10(13)9-5-4-6-12-9/h4-8,12H,1-3H3. The molecule has 0 aromatic carbocycles. The average Bonchev–Trinajstić information content (AvgIpc) is 2.67. The first-order valence-electron chi connectivity index (χ1n) is 5.20. The van der Waals surface area contributed by atoms with E-state index in [4.69, 9.17) is 14.2 Å². The number of aromatic nitrogens is 1. The van der Waals surface area contributed by atoms with Crippen molar-refractivity contribution in [3.63, 3.8) is 0 Å². The molecule has 1 aromatic heterocycles. The second-order valence-electron chi connectivity index (χ2n) is 3.59. The van der Waals surface area contributed by atoms with Gasteiger partial charge < -0.3 is 19.2 Å². The van der Waals surface area contributed by atoms with Gasteiger partial charge in [-0.15, -0.1) is 0 Å². The monoisotopic (exact) mass is 241 g/mol. The molecule has 1 atom stereocenters. The zero-order chi connectivity index (χ0) is 12.8. The molecular weight excluding hydrogens is 226 g/mol. The third-order valence-electron chi connectivity index (χ3n) is 1.68. The van der Waals surface area contributed by atoms with Crippen LogP contribution in [0.3, 0.4) is 0 Å². The van der Waals surface area contributed by atoms with Crippen LogP contribution < -0.4 is 0 Å². The van der Waals surface area contributed by atoms with Gasteiger partial charge in [0.1, 0.15) is 5.69 Å². The number of carbonyl (C=O) groups is 2. The molecule has 0 amide bonds. The smallest absolute Gasteiger partial charge is 0.431 e. The summed E-state index contributed by atoms with van der Waals surface area (Å²) in [5, 5.41) is 0. The van der Waals surface area contributed by atoms with E-state index in [2.05, 4.69) is 4.98 Å². The summed E-state index contributed by atoms with van der Waals surface area (Å²) in [5.74, 6) is -0.597. The lowest BCUT2D eigenvalue weighted by Crippen LogP contribution is -2.24. The van der Waals surface area contributed by atoms with Crippen molar-refractivity contribution in [2.75, 3.05) is 0 Å². The molecule has 1 rings (SSSR count). The normalized spacial score (nSPS) is 12.0. The Labute approximate surface area is 98.9 Å². The summed E-state index contributed by atoms with van der Waals surface area (Å²) in [6, 6.07) is 3.22. The zero-order valence-corrected chi connectivity index (χ0v) is 9.93. The number of aromatic amines is 1. The second kappa shape index (κ2) is 5.93. The first-order chi connectivity index (χ1) is 7.99. The van der Waals surface area contributed by atoms with Crippen molar-refractivity contribution in [2.45, 2.75) is 33.2 Å². The molecule has 0 radical (unpaired) electrons. The number of hydrogen-bond donors (Lipinski definition) is 1. The van der Waals surface area contributed by atoms with Crippen LogP contribution in [0.15, 0.2) is 18.3 Å². The van der Waals surface area contributed by atoms with E-state index in [1.165, 1.54) is 6.92 Å². The molecule has 0 fully saturated rings. The van der Waals surface area contributed by atoms with Gasteiger partial charge in [-0.3, -0.25) is 0 Å². The number of H-pyrrole nitrogens is 1. The molecule has 94 valence electrons.